The summed E-state index contributed by atoms with van der Waals surface area (Å²) in [7, 11) is 1.60. The Balaban J connectivity index is 1.80. The number of likely N-dealkylation sites (tertiary alicyclic amines) is 1. The van der Waals surface area contributed by atoms with E-state index in [0.717, 1.165) is 23.2 Å². The Bertz CT molecular complexity index is 949. The number of rotatable bonds is 6. The fourth-order valence-electron chi connectivity index (χ4n) is 6.10. The summed E-state index contributed by atoms with van der Waals surface area (Å²) in [5.74, 6) is -1.46. The van der Waals surface area contributed by atoms with Crippen molar-refractivity contribution in [3.05, 3.63) is 29.3 Å². The number of fused-ring (bicyclic) bond motifs is 1. The van der Waals surface area contributed by atoms with Gasteiger partial charge >= 0.3 is 0 Å². The van der Waals surface area contributed by atoms with Crippen molar-refractivity contribution in [2.45, 2.75) is 62.6 Å². The van der Waals surface area contributed by atoms with Crippen molar-refractivity contribution in [1.29, 1.82) is 0 Å². The number of anilines is 1. The summed E-state index contributed by atoms with van der Waals surface area (Å²) in [6.07, 6.45) is 1.33. The molecule has 7 nitrogen and oxygen atoms in total. The van der Waals surface area contributed by atoms with Crippen LogP contribution in [0.15, 0.2) is 18.2 Å². The van der Waals surface area contributed by atoms with Crippen LogP contribution in [0, 0.1) is 31.6 Å². The molecule has 3 saturated heterocycles. The molecular formula is C24H33N3O4S. The minimum absolute atomic E-state index is 0.0197. The summed E-state index contributed by atoms with van der Waals surface area (Å²) in [5.41, 5.74) is 2.71. The first-order valence-corrected chi connectivity index (χ1v) is 12.3. The van der Waals surface area contributed by atoms with E-state index in [9.17, 15) is 19.5 Å². The van der Waals surface area contributed by atoms with E-state index < -0.39 is 28.7 Å². The quantitative estimate of drug-likeness (QED) is 0.605. The summed E-state index contributed by atoms with van der Waals surface area (Å²) in [6, 6.07) is 4.69. The molecule has 3 heterocycles. The third-order valence-corrected chi connectivity index (χ3v) is 9.78. The zero-order chi connectivity index (χ0) is 23.4. The van der Waals surface area contributed by atoms with Crippen LogP contribution in [-0.4, -0.2) is 63.5 Å². The number of thioether (sulfide) groups is 1. The number of nitrogens with one attached hydrogen (secondary N) is 2. The minimum Gasteiger partial charge on any atom is -0.394 e. The lowest BCUT2D eigenvalue weighted by atomic mass is 9.66. The molecule has 1 aromatic carbocycles. The maximum absolute atomic E-state index is 13.9. The van der Waals surface area contributed by atoms with Crippen LogP contribution in [0.4, 0.5) is 5.69 Å². The Morgan fingerprint density at radius 1 is 1.31 bits per heavy atom. The van der Waals surface area contributed by atoms with E-state index in [1.165, 1.54) is 0 Å². The number of hydrogen-bond acceptors (Lipinski definition) is 5. The summed E-state index contributed by atoms with van der Waals surface area (Å²) >= 11 is 1.64. The van der Waals surface area contributed by atoms with Gasteiger partial charge in [0.2, 0.25) is 17.7 Å². The third-order valence-electron chi connectivity index (χ3n) is 7.71. The second kappa shape index (κ2) is 8.37. The Morgan fingerprint density at radius 2 is 2.03 bits per heavy atom. The second-order valence-electron chi connectivity index (χ2n) is 9.46. The lowest BCUT2D eigenvalue weighted by Gasteiger charge is -2.40. The van der Waals surface area contributed by atoms with Gasteiger partial charge in [0.1, 0.15) is 6.04 Å². The largest absolute Gasteiger partial charge is 0.394 e. The molecular weight excluding hydrogens is 426 g/mol. The maximum atomic E-state index is 13.9. The highest BCUT2D eigenvalue weighted by Crippen LogP contribution is 2.68. The molecule has 0 saturated carbocycles. The van der Waals surface area contributed by atoms with Crippen molar-refractivity contribution >= 4 is 35.2 Å². The van der Waals surface area contributed by atoms with Crippen LogP contribution in [0.2, 0.25) is 0 Å². The molecule has 8 heteroatoms. The SMILES string of the molecule is CC[C@@H](CO)N1C(=O)[C@@H]2[C@H](C(=O)NC)[C@@H]3CC(C)C2(S3)C1C(=O)Nc1cc(C)ccc1C. The van der Waals surface area contributed by atoms with E-state index in [2.05, 4.69) is 17.6 Å². The van der Waals surface area contributed by atoms with Gasteiger partial charge in [-0.2, -0.15) is 0 Å². The van der Waals surface area contributed by atoms with E-state index in [1.54, 1.807) is 23.7 Å². The van der Waals surface area contributed by atoms with Gasteiger partial charge in [0.05, 0.1) is 29.2 Å². The van der Waals surface area contributed by atoms with Gasteiger partial charge in [0.15, 0.2) is 0 Å². The van der Waals surface area contributed by atoms with Crippen molar-refractivity contribution in [3.8, 4) is 0 Å². The first kappa shape index (κ1) is 23.1. The highest BCUT2D eigenvalue weighted by Gasteiger charge is 2.76. The fourth-order valence-corrected chi connectivity index (χ4v) is 8.51. The van der Waals surface area contributed by atoms with E-state index in [4.69, 9.17) is 0 Å². The highest BCUT2D eigenvalue weighted by molar-refractivity contribution is 8.02. The van der Waals surface area contributed by atoms with Gasteiger partial charge in [0.25, 0.3) is 0 Å². The lowest BCUT2D eigenvalue weighted by Crippen LogP contribution is -2.57. The maximum Gasteiger partial charge on any atom is 0.248 e. The van der Waals surface area contributed by atoms with Gasteiger partial charge < -0.3 is 20.6 Å². The molecule has 3 N–H and O–H groups in total. The first-order chi connectivity index (χ1) is 15.2. The van der Waals surface area contributed by atoms with Crippen LogP contribution in [-0.2, 0) is 14.4 Å². The third kappa shape index (κ3) is 3.17. The van der Waals surface area contributed by atoms with Crippen LogP contribution in [0.25, 0.3) is 0 Å². The molecule has 1 aromatic rings. The minimum atomic E-state index is -0.739. The average molecular weight is 460 g/mol. The summed E-state index contributed by atoms with van der Waals surface area (Å²) in [5, 5.41) is 15.9. The molecule has 4 rings (SSSR count). The van der Waals surface area contributed by atoms with Crippen LogP contribution >= 0.6 is 11.8 Å². The molecule has 32 heavy (non-hydrogen) atoms. The molecule has 3 unspecified atom stereocenters. The molecule has 3 aliphatic heterocycles. The average Bonchev–Trinajstić information content (AvgIpc) is 3.35. The normalized spacial score (nSPS) is 33.9. The van der Waals surface area contributed by atoms with Crippen LogP contribution < -0.4 is 10.6 Å². The predicted molar refractivity (Wildman–Crippen MR) is 125 cm³/mol. The topological polar surface area (TPSA) is 98.7 Å². The molecule has 1 spiro atoms. The molecule has 3 amide bonds. The summed E-state index contributed by atoms with van der Waals surface area (Å²) in [6.45, 7) is 7.69. The van der Waals surface area contributed by atoms with Gasteiger partial charge in [-0.3, -0.25) is 14.4 Å². The number of aryl methyl sites for hydroxylation is 2. The van der Waals surface area contributed by atoms with E-state index >= 15 is 0 Å². The first-order valence-electron chi connectivity index (χ1n) is 11.4. The smallest absolute Gasteiger partial charge is 0.248 e. The van der Waals surface area contributed by atoms with Crippen LogP contribution in [0.5, 0.6) is 0 Å². The van der Waals surface area contributed by atoms with Crippen LogP contribution in [0.1, 0.15) is 37.8 Å². The Hall–Kier alpha value is -2.06. The lowest BCUT2D eigenvalue weighted by molar-refractivity contribution is -0.142. The number of hydrogen-bond donors (Lipinski definition) is 3. The van der Waals surface area contributed by atoms with Crippen molar-refractivity contribution in [1.82, 2.24) is 10.2 Å². The van der Waals surface area contributed by atoms with E-state index in [0.29, 0.717) is 6.42 Å². The van der Waals surface area contributed by atoms with E-state index in [1.807, 2.05) is 39.0 Å². The number of carbonyl (C=O) groups is 3. The van der Waals surface area contributed by atoms with Crippen molar-refractivity contribution in [3.63, 3.8) is 0 Å². The van der Waals surface area contributed by atoms with Gasteiger partial charge in [-0.05, 0) is 49.8 Å². The molecule has 0 radical (unpaired) electrons. The van der Waals surface area contributed by atoms with Crippen molar-refractivity contribution in [2.24, 2.45) is 17.8 Å². The van der Waals surface area contributed by atoms with Crippen molar-refractivity contribution < 1.29 is 19.5 Å². The number of aliphatic hydroxyl groups excluding tert-OH is 1. The molecule has 0 aliphatic carbocycles. The standard InChI is InChI=1S/C24H33N3O4S/c1-6-15(11-28)27-20(22(30)26-16-9-12(2)7-8-13(16)3)24-14(4)10-17(32-24)18(21(29)25-5)19(24)23(27)31/h7-9,14-15,17-20,28H,6,10-11H2,1-5H3,(H,25,29)(H,26,30)/t14?,15-,17-,18+,19-,20?,24?/m0/s1. The number of nitrogens with zero attached hydrogens (tertiary/aromatic N) is 1. The van der Waals surface area contributed by atoms with Crippen LogP contribution in [0.3, 0.4) is 0 Å². The fraction of sp³-hybridized carbons (Fsp3) is 0.625. The molecule has 3 fully saturated rings. The summed E-state index contributed by atoms with van der Waals surface area (Å²) in [4.78, 5) is 42.1. The van der Waals surface area contributed by atoms with Gasteiger partial charge in [-0.1, -0.05) is 26.0 Å². The molecule has 7 atom stereocenters. The predicted octanol–water partition coefficient (Wildman–Crippen LogP) is 2.10. The highest BCUT2D eigenvalue weighted by atomic mass is 32.2. The summed E-state index contributed by atoms with van der Waals surface area (Å²) < 4.78 is -0.677. The Labute approximate surface area is 193 Å². The van der Waals surface area contributed by atoms with Crippen molar-refractivity contribution in [2.75, 3.05) is 19.0 Å². The Morgan fingerprint density at radius 3 is 2.66 bits per heavy atom. The van der Waals surface area contributed by atoms with E-state index in [-0.39, 0.29) is 35.5 Å². The zero-order valence-corrected chi connectivity index (χ0v) is 20.2. The molecule has 3 aliphatic rings. The Kier molecular flexibility index (Phi) is 6.05. The zero-order valence-electron chi connectivity index (χ0n) is 19.3. The molecule has 2 bridgehead atoms. The molecule has 0 aromatic heterocycles. The van der Waals surface area contributed by atoms with Gasteiger partial charge in [0, 0.05) is 18.0 Å². The number of carbonyl (C=O) groups excluding carboxylic acids is 3. The monoisotopic (exact) mass is 459 g/mol. The number of aliphatic hydroxyl groups is 1. The molecule has 174 valence electrons. The van der Waals surface area contributed by atoms with Gasteiger partial charge in [-0.15, -0.1) is 11.8 Å². The number of benzene rings is 1. The second-order valence-corrected chi connectivity index (χ2v) is 11.0. The van der Waals surface area contributed by atoms with Gasteiger partial charge in [-0.25, -0.2) is 0 Å². The number of amides is 3.